The molecule has 3 rings (SSSR count). The monoisotopic (exact) mass is 497 g/mol. The van der Waals surface area contributed by atoms with Crippen molar-refractivity contribution < 1.29 is 31.2 Å². The highest BCUT2D eigenvalue weighted by Gasteiger charge is 2.40. The number of alkyl halides is 3. The van der Waals surface area contributed by atoms with Crippen LogP contribution in [0.15, 0.2) is 53.4 Å². The molecule has 0 spiro atoms. The van der Waals surface area contributed by atoms with Gasteiger partial charge >= 0.3 is 6.18 Å². The van der Waals surface area contributed by atoms with Crippen LogP contribution < -0.4 is 5.32 Å². The van der Waals surface area contributed by atoms with Crippen molar-refractivity contribution in [2.45, 2.75) is 43.4 Å². The second-order valence-electron chi connectivity index (χ2n) is 8.37. The van der Waals surface area contributed by atoms with Crippen molar-refractivity contribution in [3.8, 4) is 0 Å². The zero-order valence-electron chi connectivity index (χ0n) is 18.7. The molecule has 0 radical (unpaired) electrons. The van der Waals surface area contributed by atoms with E-state index in [0.717, 1.165) is 22.0 Å². The Hall–Kier alpha value is -2.92. The summed E-state index contributed by atoms with van der Waals surface area (Å²) in [5, 5.41) is 2.58. The lowest BCUT2D eigenvalue weighted by Crippen LogP contribution is -2.60. The van der Waals surface area contributed by atoms with Crippen molar-refractivity contribution in [1.29, 1.82) is 0 Å². The van der Waals surface area contributed by atoms with Gasteiger partial charge in [-0.15, -0.1) is 0 Å². The molecule has 11 heteroatoms. The van der Waals surface area contributed by atoms with Gasteiger partial charge in [0.1, 0.15) is 6.04 Å². The van der Waals surface area contributed by atoms with Crippen LogP contribution in [0.1, 0.15) is 36.5 Å². The Kier molecular flexibility index (Phi) is 7.67. The van der Waals surface area contributed by atoms with E-state index in [2.05, 4.69) is 5.32 Å². The number of piperazine rings is 1. The first-order valence-electron chi connectivity index (χ1n) is 10.7. The van der Waals surface area contributed by atoms with Gasteiger partial charge in [0, 0.05) is 26.2 Å². The fourth-order valence-corrected chi connectivity index (χ4v) is 5.23. The van der Waals surface area contributed by atoms with E-state index in [1.54, 1.807) is 12.1 Å². The van der Waals surface area contributed by atoms with Crippen molar-refractivity contribution in [2.24, 2.45) is 0 Å². The first-order chi connectivity index (χ1) is 15.9. The average molecular weight is 498 g/mol. The predicted molar refractivity (Wildman–Crippen MR) is 119 cm³/mol. The molecule has 2 aromatic carbocycles. The lowest BCUT2D eigenvalue weighted by atomic mass is 10.0. The number of rotatable bonds is 7. The second kappa shape index (κ2) is 10.1. The van der Waals surface area contributed by atoms with Crippen LogP contribution in [0.4, 0.5) is 13.2 Å². The third kappa shape index (κ3) is 5.76. The third-order valence-electron chi connectivity index (χ3n) is 5.72. The Labute approximate surface area is 196 Å². The number of carbonyl (C=O) groups is 2. The Morgan fingerprint density at radius 1 is 1.09 bits per heavy atom. The van der Waals surface area contributed by atoms with Crippen LogP contribution in [-0.2, 0) is 32.3 Å². The molecule has 1 heterocycles. The maximum atomic E-state index is 13.3. The summed E-state index contributed by atoms with van der Waals surface area (Å²) in [7, 11) is -4.03. The number of nitrogens with zero attached hydrogens (tertiary/aromatic N) is 2. The predicted octanol–water partition coefficient (Wildman–Crippen LogP) is 2.98. The van der Waals surface area contributed by atoms with Crippen molar-refractivity contribution >= 4 is 22.3 Å². The van der Waals surface area contributed by atoms with Crippen molar-refractivity contribution in [3.63, 3.8) is 0 Å². The van der Waals surface area contributed by atoms with Crippen molar-refractivity contribution in [1.82, 2.24) is 14.5 Å². The van der Waals surface area contributed by atoms with Gasteiger partial charge in [-0.3, -0.25) is 9.59 Å². The molecule has 1 aliphatic rings. The molecule has 1 fully saturated rings. The molecule has 0 aliphatic carbocycles. The zero-order chi connectivity index (χ0) is 25.1. The van der Waals surface area contributed by atoms with E-state index >= 15 is 0 Å². The van der Waals surface area contributed by atoms with Gasteiger partial charge in [0.05, 0.1) is 10.5 Å². The molecule has 7 nitrogen and oxygen atoms in total. The normalized spacial score (nSPS) is 17.6. The van der Waals surface area contributed by atoms with E-state index in [4.69, 9.17) is 0 Å². The summed E-state index contributed by atoms with van der Waals surface area (Å²) in [4.78, 5) is 25.6. The Bertz CT molecular complexity index is 1120. The molecule has 2 amide bonds. The smallest absolute Gasteiger partial charge is 0.351 e. The molecule has 2 aromatic rings. The summed E-state index contributed by atoms with van der Waals surface area (Å²) in [6, 6.07) is 9.56. The van der Waals surface area contributed by atoms with Gasteiger partial charge in [-0.05, 0) is 41.3 Å². The molecule has 1 aliphatic heterocycles. The zero-order valence-corrected chi connectivity index (χ0v) is 19.6. The fourth-order valence-electron chi connectivity index (χ4n) is 3.66. The maximum Gasteiger partial charge on any atom is 0.416 e. The highest BCUT2D eigenvalue weighted by Crippen LogP contribution is 2.29. The summed E-state index contributed by atoms with van der Waals surface area (Å²) in [6.45, 7) is 3.82. The maximum absolute atomic E-state index is 13.3. The van der Waals surface area contributed by atoms with Crippen LogP contribution in [0.3, 0.4) is 0 Å². The van der Waals surface area contributed by atoms with Gasteiger partial charge in [-0.1, -0.05) is 38.1 Å². The Morgan fingerprint density at radius 2 is 1.71 bits per heavy atom. The molecular weight excluding hydrogens is 471 g/mol. The molecular formula is C23H26F3N3O4S. The van der Waals surface area contributed by atoms with Gasteiger partial charge in [0.25, 0.3) is 0 Å². The quantitative estimate of drug-likeness (QED) is 0.596. The first kappa shape index (κ1) is 25.7. The van der Waals surface area contributed by atoms with Crippen LogP contribution in [0.5, 0.6) is 0 Å². The molecule has 0 aromatic heterocycles. The standard InChI is InChI=1S/C23H26F3N3O4S/c1-16(2)18-5-9-20(10-6-18)34(32,33)29-12-11-28(15-30)14-21(29)22(31)27-13-17-3-7-19(8-4-17)23(24,25)26/h3-10,15-16,21H,11-14H2,1-2H3,(H,27,31). The van der Waals surface area contributed by atoms with E-state index in [0.29, 0.717) is 12.0 Å². The average Bonchev–Trinajstić information content (AvgIpc) is 2.81. The number of benzene rings is 2. The van der Waals surface area contributed by atoms with Gasteiger partial charge in [0.15, 0.2) is 0 Å². The van der Waals surface area contributed by atoms with Crippen LogP contribution >= 0.6 is 0 Å². The highest BCUT2D eigenvalue weighted by molar-refractivity contribution is 7.89. The van der Waals surface area contributed by atoms with E-state index in [9.17, 15) is 31.2 Å². The van der Waals surface area contributed by atoms with Gasteiger partial charge in [-0.25, -0.2) is 8.42 Å². The second-order valence-corrected chi connectivity index (χ2v) is 10.3. The first-order valence-corrected chi connectivity index (χ1v) is 12.1. The summed E-state index contributed by atoms with van der Waals surface area (Å²) in [5.41, 5.74) is 0.580. The van der Waals surface area contributed by atoms with Crippen molar-refractivity contribution in [3.05, 3.63) is 65.2 Å². The van der Waals surface area contributed by atoms with E-state index in [-0.39, 0.29) is 37.0 Å². The van der Waals surface area contributed by atoms with E-state index in [1.165, 1.54) is 29.2 Å². The van der Waals surface area contributed by atoms with Crippen LogP contribution in [0, 0.1) is 0 Å². The number of amides is 2. The highest BCUT2D eigenvalue weighted by atomic mass is 32.2. The van der Waals surface area contributed by atoms with Crippen molar-refractivity contribution in [2.75, 3.05) is 19.6 Å². The lowest BCUT2D eigenvalue weighted by Gasteiger charge is -2.38. The summed E-state index contributed by atoms with van der Waals surface area (Å²) in [5.74, 6) is -0.426. The van der Waals surface area contributed by atoms with Crippen LogP contribution in [-0.4, -0.2) is 55.6 Å². The molecule has 1 atom stereocenters. The number of nitrogens with one attached hydrogen (secondary N) is 1. The van der Waals surface area contributed by atoms with Crippen LogP contribution in [0.25, 0.3) is 0 Å². The largest absolute Gasteiger partial charge is 0.416 e. The van der Waals surface area contributed by atoms with E-state index < -0.39 is 33.7 Å². The third-order valence-corrected chi connectivity index (χ3v) is 7.64. The lowest BCUT2D eigenvalue weighted by molar-refractivity contribution is -0.137. The molecule has 34 heavy (non-hydrogen) atoms. The molecule has 1 N–H and O–H groups in total. The number of hydrogen-bond acceptors (Lipinski definition) is 4. The minimum Gasteiger partial charge on any atom is -0.351 e. The van der Waals surface area contributed by atoms with Gasteiger partial charge in [0.2, 0.25) is 22.3 Å². The van der Waals surface area contributed by atoms with E-state index in [1.807, 2.05) is 13.8 Å². The topological polar surface area (TPSA) is 86.8 Å². The number of hydrogen-bond donors (Lipinski definition) is 1. The summed E-state index contributed by atoms with van der Waals surface area (Å²) < 4.78 is 65.9. The molecule has 1 saturated heterocycles. The minimum atomic E-state index is -4.47. The molecule has 184 valence electrons. The fraction of sp³-hybridized carbons (Fsp3) is 0.391. The SMILES string of the molecule is CC(C)c1ccc(S(=O)(=O)N2CCN(C=O)CC2C(=O)NCc2ccc(C(F)(F)F)cc2)cc1. The van der Waals surface area contributed by atoms with Gasteiger partial charge < -0.3 is 10.2 Å². The number of carbonyl (C=O) groups excluding carboxylic acids is 2. The number of sulfonamides is 1. The Balaban J connectivity index is 1.78. The van der Waals surface area contributed by atoms with Gasteiger partial charge in [-0.2, -0.15) is 17.5 Å². The van der Waals surface area contributed by atoms with Crippen LogP contribution in [0.2, 0.25) is 0 Å². The molecule has 1 unspecified atom stereocenters. The summed E-state index contributed by atoms with van der Waals surface area (Å²) in [6.07, 6.45) is -3.91. The minimum absolute atomic E-state index is 0.0389. The molecule has 0 bridgehead atoms. The summed E-state index contributed by atoms with van der Waals surface area (Å²) >= 11 is 0. The molecule has 0 saturated carbocycles. The Morgan fingerprint density at radius 3 is 2.24 bits per heavy atom. The number of halogens is 3.